The van der Waals surface area contributed by atoms with Crippen molar-refractivity contribution < 1.29 is 4.74 Å². The maximum atomic E-state index is 5.59. The summed E-state index contributed by atoms with van der Waals surface area (Å²) in [4.78, 5) is 0. The summed E-state index contributed by atoms with van der Waals surface area (Å²) in [6.45, 7) is 2.15. The van der Waals surface area contributed by atoms with Crippen molar-refractivity contribution in [2.24, 2.45) is 0 Å². The number of hydrogen-bond acceptors (Lipinski definition) is 1. The van der Waals surface area contributed by atoms with Crippen molar-refractivity contribution in [2.75, 3.05) is 7.11 Å². The van der Waals surface area contributed by atoms with Crippen LogP contribution in [0.25, 0.3) is 16.9 Å². The largest absolute Gasteiger partial charge is 0.495 e. The van der Waals surface area contributed by atoms with Crippen molar-refractivity contribution in [3.05, 3.63) is 71.9 Å². The predicted molar refractivity (Wildman–Crippen MR) is 108 cm³/mol. The molecule has 2 heteroatoms. The molecule has 0 aliphatic heterocycles. The number of benzene rings is 2. The standard InChI is InChI=1S/C24H27NO/c1-18-12-17-22(25(18)23-10-6-7-11-24(23)26-2)21-15-13-20(14-16-21)19-8-4-3-5-9-19/h6-7,10-17,19H,3-5,8-9H2,1-2H3. The van der Waals surface area contributed by atoms with Gasteiger partial charge < -0.3 is 9.30 Å². The highest BCUT2D eigenvalue weighted by Gasteiger charge is 2.17. The van der Waals surface area contributed by atoms with Crippen LogP contribution in [-0.4, -0.2) is 11.7 Å². The monoisotopic (exact) mass is 345 g/mol. The van der Waals surface area contributed by atoms with Gasteiger partial charge in [-0.25, -0.2) is 0 Å². The van der Waals surface area contributed by atoms with Crippen LogP contribution in [-0.2, 0) is 0 Å². The summed E-state index contributed by atoms with van der Waals surface area (Å²) in [6.07, 6.45) is 6.84. The molecule has 26 heavy (non-hydrogen) atoms. The summed E-state index contributed by atoms with van der Waals surface area (Å²) in [5.41, 5.74) is 6.26. The highest BCUT2D eigenvalue weighted by Crippen LogP contribution is 2.35. The molecular formula is C24H27NO. The van der Waals surface area contributed by atoms with Gasteiger partial charge in [0.15, 0.2) is 0 Å². The van der Waals surface area contributed by atoms with Crippen LogP contribution in [0.1, 0.15) is 49.3 Å². The summed E-state index contributed by atoms with van der Waals surface area (Å²) in [6, 6.07) is 21.8. The van der Waals surface area contributed by atoms with Crippen molar-refractivity contribution >= 4 is 0 Å². The van der Waals surface area contributed by atoms with Gasteiger partial charge >= 0.3 is 0 Å². The maximum Gasteiger partial charge on any atom is 0.142 e. The molecule has 1 aromatic heterocycles. The second kappa shape index (κ2) is 7.41. The highest BCUT2D eigenvalue weighted by molar-refractivity contribution is 5.66. The van der Waals surface area contributed by atoms with E-state index in [0.29, 0.717) is 0 Å². The van der Waals surface area contributed by atoms with Gasteiger partial charge in [-0.15, -0.1) is 0 Å². The first-order chi connectivity index (χ1) is 12.8. The molecule has 1 fully saturated rings. The zero-order chi connectivity index (χ0) is 17.9. The smallest absolute Gasteiger partial charge is 0.142 e. The molecule has 2 nitrogen and oxygen atoms in total. The van der Waals surface area contributed by atoms with Crippen molar-refractivity contribution in [3.63, 3.8) is 0 Å². The molecule has 0 atom stereocenters. The van der Waals surface area contributed by atoms with E-state index in [1.165, 1.54) is 54.6 Å². The summed E-state index contributed by atoms with van der Waals surface area (Å²) in [7, 11) is 1.73. The Morgan fingerprint density at radius 2 is 1.58 bits per heavy atom. The van der Waals surface area contributed by atoms with E-state index in [1.54, 1.807) is 7.11 Å². The van der Waals surface area contributed by atoms with E-state index in [9.17, 15) is 0 Å². The van der Waals surface area contributed by atoms with Gasteiger partial charge in [0.05, 0.1) is 18.5 Å². The van der Waals surface area contributed by atoms with Gasteiger partial charge in [-0.3, -0.25) is 0 Å². The summed E-state index contributed by atoms with van der Waals surface area (Å²) < 4.78 is 7.88. The molecule has 1 saturated carbocycles. The molecule has 1 aliphatic rings. The minimum Gasteiger partial charge on any atom is -0.495 e. The van der Waals surface area contributed by atoms with Crippen molar-refractivity contribution in [1.82, 2.24) is 4.57 Å². The Labute approximate surface area is 156 Å². The highest BCUT2D eigenvalue weighted by atomic mass is 16.5. The third-order valence-electron chi connectivity index (χ3n) is 5.69. The fraction of sp³-hybridized carbons (Fsp3) is 0.333. The van der Waals surface area contributed by atoms with Gasteiger partial charge in [-0.1, -0.05) is 55.7 Å². The lowest BCUT2D eigenvalue weighted by Crippen LogP contribution is -2.04. The Bertz CT molecular complexity index is 869. The van der Waals surface area contributed by atoms with Gasteiger partial charge in [0.1, 0.15) is 5.75 Å². The first kappa shape index (κ1) is 17.0. The van der Waals surface area contributed by atoms with E-state index in [4.69, 9.17) is 4.74 Å². The fourth-order valence-corrected chi connectivity index (χ4v) is 4.26. The molecule has 0 unspecified atom stereocenters. The Balaban J connectivity index is 1.71. The molecule has 134 valence electrons. The van der Waals surface area contributed by atoms with E-state index >= 15 is 0 Å². The molecule has 4 rings (SSSR count). The number of nitrogens with zero attached hydrogens (tertiary/aromatic N) is 1. The van der Waals surface area contributed by atoms with E-state index in [1.807, 2.05) is 12.1 Å². The van der Waals surface area contributed by atoms with Crippen molar-refractivity contribution in [1.29, 1.82) is 0 Å². The van der Waals surface area contributed by atoms with Crippen molar-refractivity contribution in [2.45, 2.75) is 44.9 Å². The Morgan fingerprint density at radius 3 is 2.31 bits per heavy atom. The molecule has 1 aliphatic carbocycles. The molecule has 0 saturated heterocycles. The van der Waals surface area contributed by atoms with Crippen LogP contribution in [0.5, 0.6) is 5.75 Å². The lowest BCUT2D eigenvalue weighted by atomic mass is 9.84. The molecule has 0 N–H and O–H groups in total. The molecule has 1 heterocycles. The molecule has 0 bridgehead atoms. The Morgan fingerprint density at radius 1 is 0.846 bits per heavy atom. The van der Waals surface area contributed by atoms with Crippen molar-refractivity contribution in [3.8, 4) is 22.7 Å². The van der Waals surface area contributed by atoms with Crippen LogP contribution < -0.4 is 4.74 Å². The normalized spacial score (nSPS) is 15.2. The van der Waals surface area contributed by atoms with Gasteiger partial charge in [-0.05, 0) is 61.1 Å². The maximum absolute atomic E-state index is 5.59. The van der Waals surface area contributed by atoms with E-state index in [0.717, 1.165) is 17.4 Å². The molecular weight excluding hydrogens is 318 g/mol. The zero-order valence-corrected chi connectivity index (χ0v) is 15.7. The predicted octanol–water partition coefficient (Wildman–Crippen LogP) is 6.51. The van der Waals surface area contributed by atoms with E-state index in [2.05, 4.69) is 60.0 Å². The average Bonchev–Trinajstić information content (AvgIpc) is 3.10. The van der Waals surface area contributed by atoms with E-state index in [-0.39, 0.29) is 0 Å². The SMILES string of the molecule is COc1ccccc1-n1c(C)ccc1-c1ccc(C2CCCCC2)cc1. The minimum absolute atomic E-state index is 0.750. The first-order valence-corrected chi connectivity index (χ1v) is 9.70. The average molecular weight is 345 g/mol. The number of aromatic nitrogens is 1. The number of methoxy groups -OCH3 is 1. The number of ether oxygens (including phenoxy) is 1. The van der Waals surface area contributed by atoms with Crippen LogP contribution >= 0.6 is 0 Å². The minimum atomic E-state index is 0.750. The lowest BCUT2D eigenvalue weighted by Gasteiger charge is -2.22. The number of hydrogen-bond donors (Lipinski definition) is 0. The third kappa shape index (κ3) is 3.16. The van der Waals surface area contributed by atoms with Gasteiger partial charge in [0.25, 0.3) is 0 Å². The Kier molecular flexibility index (Phi) is 4.83. The first-order valence-electron chi connectivity index (χ1n) is 9.70. The summed E-state index contributed by atoms with van der Waals surface area (Å²) in [5, 5.41) is 0. The Hall–Kier alpha value is -2.48. The summed E-state index contributed by atoms with van der Waals surface area (Å²) >= 11 is 0. The molecule has 0 amide bonds. The number of aryl methyl sites for hydroxylation is 1. The summed E-state index contributed by atoms with van der Waals surface area (Å²) in [5.74, 6) is 1.65. The zero-order valence-electron chi connectivity index (χ0n) is 15.7. The molecule has 0 radical (unpaired) electrons. The second-order valence-corrected chi connectivity index (χ2v) is 7.32. The quantitative estimate of drug-likeness (QED) is 0.526. The number of para-hydroxylation sites is 2. The molecule has 3 aromatic rings. The van der Waals surface area contributed by atoms with Crippen LogP contribution in [0.2, 0.25) is 0 Å². The van der Waals surface area contributed by atoms with Gasteiger partial charge in [0, 0.05) is 5.69 Å². The van der Waals surface area contributed by atoms with Crippen LogP contribution in [0, 0.1) is 6.92 Å². The topological polar surface area (TPSA) is 14.2 Å². The van der Waals surface area contributed by atoms with Gasteiger partial charge in [-0.2, -0.15) is 0 Å². The fourth-order valence-electron chi connectivity index (χ4n) is 4.26. The van der Waals surface area contributed by atoms with Crippen LogP contribution in [0.3, 0.4) is 0 Å². The molecule has 0 spiro atoms. The van der Waals surface area contributed by atoms with Gasteiger partial charge in [0.2, 0.25) is 0 Å². The third-order valence-corrected chi connectivity index (χ3v) is 5.69. The number of rotatable bonds is 4. The van der Waals surface area contributed by atoms with Crippen LogP contribution in [0.4, 0.5) is 0 Å². The second-order valence-electron chi connectivity index (χ2n) is 7.32. The lowest BCUT2D eigenvalue weighted by molar-refractivity contribution is 0.413. The molecule has 2 aromatic carbocycles. The van der Waals surface area contributed by atoms with Crippen LogP contribution in [0.15, 0.2) is 60.7 Å². The van der Waals surface area contributed by atoms with E-state index < -0.39 is 0 Å².